The number of ether oxygens (including phenoxy) is 1. The van der Waals surface area contributed by atoms with Crippen LogP contribution >= 0.6 is 23.2 Å². The summed E-state index contributed by atoms with van der Waals surface area (Å²) in [5.74, 6) is -3.66. The molecule has 0 bridgehead atoms. The fourth-order valence-corrected chi connectivity index (χ4v) is 5.85. The minimum atomic E-state index is -1.54. The Labute approximate surface area is 219 Å². The largest absolute Gasteiger partial charge is 0.459 e. The lowest BCUT2D eigenvalue weighted by atomic mass is 9.62. The van der Waals surface area contributed by atoms with Gasteiger partial charge in [0, 0.05) is 17.6 Å². The zero-order chi connectivity index (χ0) is 26.8. The summed E-state index contributed by atoms with van der Waals surface area (Å²) in [6.07, 6.45) is 0.419. The highest BCUT2D eigenvalue weighted by Gasteiger charge is 2.67. The Morgan fingerprint density at radius 2 is 1.75 bits per heavy atom. The molecule has 1 fully saturated rings. The average Bonchev–Trinajstić information content (AvgIpc) is 3.19. The third-order valence-corrected chi connectivity index (χ3v) is 7.26. The molecule has 0 aliphatic carbocycles. The van der Waals surface area contributed by atoms with Crippen molar-refractivity contribution < 1.29 is 23.1 Å². The summed E-state index contributed by atoms with van der Waals surface area (Å²) in [7, 11) is 0. The molecule has 1 spiro atoms. The first-order valence-electron chi connectivity index (χ1n) is 11.8. The molecule has 0 aromatic heterocycles. The van der Waals surface area contributed by atoms with Gasteiger partial charge in [-0.2, -0.15) is 0 Å². The van der Waals surface area contributed by atoms with E-state index in [0.717, 1.165) is 0 Å². The van der Waals surface area contributed by atoms with Crippen molar-refractivity contribution in [2.24, 2.45) is 5.41 Å². The van der Waals surface area contributed by atoms with Crippen molar-refractivity contribution in [3.63, 3.8) is 0 Å². The number of rotatable bonds is 3. The van der Waals surface area contributed by atoms with E-state index in [-0.39, 0.29) is 21.0 Å². The zero-order valence-electron chi connectivity index (χ0n) is 21.1. The van der Waals surface area contributed by atoms with Crippen molar-refractivity contribution in [2.45, 2.75) is 77.0 Å². The number of amides is 1. The Bertz CT molecular complexity index is 1240. The van der Waals surface area contributed by atoms with Gasteiger partial charge in [-0.1, -0.05) is 56.1 Å². The molecule has 2 aliphatic heterocycles. The summed E-state index contributed by atoms with van der Waals surface area (Å²) in [6.45, 7) is 11.2. The van der Waals surface area contributed by atoms with Crippen LogP contribution in [0.4, 0.5) is 14.5 Å². The number of fused-ring (bicyclic) bond motifs is 2. The normalized spacial score (nSPS) is 25.7. The summed E-state index contributed by atoms with van der Waals surface area (Å²) in [5.41, 5.74) is -1.97. The number of carbonyl (C=O) groups is 2. The van der Waals surface area contributed by atoms with Crippen LogP contribution in [0.25, 0.3) is 0 Å². The van der Waals surface area contributed by atoms with Gasteiger partial charge < -0.3 is 10.1 Å². The lowest BCUT2D eigenvalue weighted by molar-refractivity contribution is -0.157. The summed E-state index contributed by atoms with van der Waals surface area (Å²) in [5, 5.41) is 5.82. The van der Waals surface area contributed by atoms with Crippen LogP contribution in [0, 0.1) is 17.0 Å². The summed E-state index contributed by atoms with van der Waals surface area (Å²) >= 11 is 12.2. The van der Waals surface area contributed by atoms with Crippen molar-refractivity contribution in [2.75, 3.05) is 5.32 Å². The quantitative estimate of drug-likeness (QED) is 0.446. The maximum atomic E-state index is 15.6. The Hall–Kier alpha value is -2.22. The second-order valence-electron chi connectivity index (χ2n) is 11.8. The molecule has 5 nitrogen and oxygen atoms in total. The third kappa shape index (κ3) is 4.50. The lowest BCUT2D eigenvalue weighted by Crippen LogP contribution is -2.49. The molecule has 0 unspecified atom stereocenters. The molecule has 4 atom stereocenters. The molecular formula is C27H30Cl2F2N2O3. The van der Waals surface area contributed by atoms with Crippen LogP contribution in [0.3, 0.4) is 0 Å². The highest BCUT2D eigenvalue weighted by Crippen LogP contribution is 2.57. The first-order chi connectivity index (χ1) is 16.6. The topological polar surface area (TPSA) is 67.4 Å². The zero-order valence-corrected chi connectivity index (χ0v) is 22.6. The van der Waals surface area contributed by atoms with E-state index in [1.165, 1.54) is 24.3 Å². The highest BCUT2D eigenvalue weighted by atomic mass is 35.5. The van der Waals surface area contributed by atoms with Crippen LogP contribution < -0.4 is 10.6 Å². The monoisotopic (exact) mass is 538 g/mol. The number of nitrogens with one attached hydrogen (secondary N) is 2. The predicted octanol–water partition coefficient (Wildman–Crippen LogP) is 6.36. The smallest absolute Gasteiger partial charge is 0.324 e. The van der Waals surface area contributed by atoms with Crippen LogP contribution in [0.1, 0.15) is 65.0 Å². The molecule has 0 radical (unpaired) electrons. The molecule has 4 rings (SSSR count). The molecule has 1 saturated heterocycles. The molecule has 2 N–H and O–H groups in total. The van der Waals surface area contributed by atoms with Crippen molar-refractivity contribution in [1.82, 2.24) is 5.32 Å². The van der Waals surface area contributed by atoms with E-state index in [4.69, 9.17) is 27.9 Å². The summed E-state index contributed by atoms with van der Waals surface area (Å²) in [6, 6.07) is 5.24. The van der Waals surface area contributed by atoms with E-state index in [2.05, 4.69) is 10.6 Å². The minimum absolute atomic E-state index is 0.0700. The van der Waals surface area contributed by atoms with Crippen molar-refractivity contribution >= 4 is 40.8 Å². The molecule has 194 valence electrons. The van der Waals surface area contributed by atoms with Gasteiger partial charge in [0.1, 0.15) is 28.7 Å². The molecule has 2 heterocycles. The number of halogens is 4. The van der Waals surface area contributed by atoms with Crippen LogP contribution in [0.2, 0.25) is 10.0 Å². The molecule has 0 saturated carbocycles. The van der Waals surface area contributed by atoms with Gasteiger partial charge in [0.05, 0.1) is 10.0 Å². The van der Waals surface area contributed by atoms with Gasteiger partial charge in [-0.3, -0.25) is 14.9 Å². The molecule has 1 amide bonds. The fraction of sp³-hybridized carbons (Fsp3) is 0.481. The van der Waals surface area contributed by atoms with E-state index < -0.39 is 52.5 Å². The van der Waals surface area contributed by atoms with Crippen molar-refractivity contribution in [3.05, 3.63) is 63.1 Å². The van der Waals surface area contributed by atoms with Gasteiger partial charge in [0.25, 0.3) is 0 Å². The van der Waals surface area contributed by atoms with Crippen LogP contribution in [-0.2, 0) is 19.7 Å². The fourth-order valence-electron chi connectivity index (χ4n) is 5.51. The molecule has 36 heavy (non-hydrogen) atoms. The van der Waals surface area contributed by atoms with Gasteiger partial charge in [0.15, 0.2) is 0 Å². The highest BCUT2D eigenvalue weighted by molar-refractivity contribution is 6.31. The average molecular weight is 539 g/mol. The Kier molecular flexibility index (Phi) is 6.68. The molecule has 2 aliphatic rings. The van der Waals surface area contributed by atoms with Gasteiger partial charge in [-0.15, -0.1) is 0 Å². The standard InChI is InChI=1S/C27H30Cl2F2N2O3/c1-25(2,3)12-19-27(14-10-17(30)16(29)11-18(14)32-24(27)35)20(13-8-7-9-15(28)21(13)31)22(33-19)23(34)36-26(4,5)6/h7-11,19-20,22,33H,12H2,1-6H3,(H,32,35)/t19-,20-,22+,27+/m0/s1. The number of hydrogen-bond donors (Lipinski definition) is 2. The minimum Gasteiger partial charge on any atom is -0.459 e. The van der Waals surface area contributed by atoms with Gasteiger partial charge in [-0.25, -0.2) is 8.78 Å². The van der Waals surface area contributed by atoms with Gasteiger partial charge in [-0.05, 0) is 61.9 Å². The van der Waals surface area contributed by atoms with E-state index in [1.54, 1.807) is 26.8 Å². The lowest BCUT2D eigenvalue weighted by Gasteiger charge is -2.37. The second-order valence-corrected chi connectivity index (χ2v) is 12.6. The third-order valence-electron chi connectivity index (χ3n) is 6.68. The first kappa shape index (κ1) is 26.8. The van der Waals surface area contributed by atoms with Crippen LogP contribution in [0.15, 0.2) is 30.3 Å². The Morgan fingerprint density at radius 3 is 2.36 bits per heavy atom. The maximum absolute atomic E-state index is 15.6. The predicted molar refractivity (Wildman–Crippen MR) is 136 cm³/mol. The van der Waals surface area contributed by atoms with Crippen LogP contribution in [0.5, 0.6) is 0 Å². The number of anilines is 1. The van der Waals surface area contributed by atoms with E-state index in [1.807, 2.05) is 20.8 Å². The van der Waals surface area contributed by atoms with Crippen LogP contribution in [-0.4, -0.2) is 29.6 Å². The second kappa shape index (κ2) is 8.96. The van der Waals surface area contributed by atoms with E-state index >= 15 is 4.39 Å². The number of esters is 1. The number of carbonyl (C=O) groups excluding carboxylic acids is 2. The van der Waals surface area contributed by atoms with Gasteiger partial charge >= 0.3 is 5.97 Å². The Balaban J connectivity index is 2.04. The van der Waals surface area contributed by atoms with E-state index in [9.17, 15) is 14.0 Å². The van der Waals surface area contributed by atoms with Crippen molar-refractivity contribution in [3.8, 4) is 0 Å². The molecular weight excluding hydrogens is 509 g/mol. The van der Waals surface area contributed by atoms with E-state index in [0.29, 0.717) is 17.7 Å². The summed E-state index contributed by atoms with van der Waals surface area (Å²) in [4.78, 5) is 27.5. The molecule has 2 aromatic carbocycles. The van der Waals surface area contributed by atoms with Gasteiger partial charge in [0.2, 0.25) is 5.91 Å². The molecule has 9 heteroatoms. The maximum Gasteiger partial charge on any atom is 0.324 e. The van der Waals surface area contributed by atoms with Crippen molar-refractivity contribution in [1.29, 1.82) is 0 Å². The number of benzene rings is 2. The Morgan fingerprint density at radius 1 is 1.08 bits per heavy atom. The summed E-state index contributed by atoms with van der Waals surface area (Å²) < 4.78 is 36.2. The first-order valence-corrected chi connectivity index (χ1v) is 12.6. The molecule has 2 aromatic rings. The SMILES string of the molecule is CC(C)(C)C[C@@H]1N[C@@H](C(=O)OC(C)(C)C)[C@H](c2cccc(Cl)c2F)[C@]12C(=O)Nc1cc(Cl)c(F)cc12. The number of hydrogen-bond acceptors (Lipinski definition) is 4.